The average molecular weight is 445 g/mol. The molecular formula is C24H20N4O3S. The molecule has 7 nitrogen and oxygen atoms in total. The molecule has 1 aromatic heterocycles. The van der Waals surface area contributed by atoms with E-state index >= 15 is 0 Å². The zero-order valence-corrected chi connectivity index (χ0v) is 18.1. The Labute approximate surface area is 189 Å². The third-order valence-electron chi connectivity index (χ3n) is 4.70. The Morgan fingerprint density at radius 1 is 1.03 bits per heavy atom. The molecule has 0 aliphatic carbocycles. The zero-order chi connectivity index (χ0) is 22.5. The maximum Gasteiger partial charge on any atom is 0.331 e. The van der Waals surface area contributed by atoms with Crippen LogP contribution in [0, 0.1) is 11.7 Å². The number of hydrogen-bond acceptors (Lipinski definition) is 5. The van der Waals surface area contributed by atoms with Crippen LogP contribution in [0.25, 0.3) is 11.4 Å². The lowest BCUT2D eigenvalue weighted by molar-refractivity contribution is -0.135. The number of hydrogen-bond donors (Lipinski definition) is 2. The van der Waals surface area contributed by atoms with E-state index in [1.807, 2.05) is 37.3 Å². The fourth-order valence-electron chi connectivity index (χ4n) is 3.16. The van der Waals surface area contributed by atoms with Crippen molar-refractivity contribution in [2.45, 2.75) is 13.5 Å². The predicted octanol–water partition coefficient (Wildman–Crippen LogP) is 4.77. The van der Waals surface area contributed by atoms with Gasteiger partial charge in [-0.15, -0.1) is 0 Å². The Bertz CT molecular complexity index is 1310. The quantitative estimate of drug-likeness (QED) is 0.254. The smallest absolute Gasteiger partial charge is 0.331 e. The lowest BCUT2D eigenvalue weighted by Gasteiger charge is -2.09. The Balaban J connectivity index is 1.42. The van der Waals surface area contributed by atoms with Gasteiger partial charge in [0.25, 0.3) is 5.91 Å². The number of anilines is 1. The van der Waals surface area contributed by atoms with E-state index in [2.05, 4.69) is 15.5 Å². The van der Waals surface area contributed by atoms with E-state index in [1.165, 1.54) is 0 Å². The number of carbonyl (C=O) groups is 2. The summed E-state index contributed by atoms with van der Waals surface area (Å²) in [5.41, 5.74) is 3.08. The molecule has 2 N–H and O–H groups in total. The highest BCUT2D eigenvalue weighted by molar-refractivity contribution is 7.71. The molecule has 1 amide bonds. The second kappa shape index (κ2) is 9.40. The molecule has 0 aliphatic rings. The molecule has 160 valence electrons. The number of ether oxygens (including phenoxy) is 1. The molecule has 0 aliphatic heterocycles. The van der Waals surface area contributed by atoms with E-state index < -0.39 is 5.97 Å². The van der Waals surface area contributed by atoms with E-state index in [1.54, 1.807) is 53.1 Å². The van der Waals surface area contributed by atoms with Gasteiger partial charge in [-0.3, -0.25) is 14.5 Å². The fraction of sp³-hybridized carbons (Fsp3) is 0.0833. The van der Waals surface area contributed by atoms with Crippen molar-refractivity contribution in [2.24, 2.45) is 0 Å². The Morgan fingerprint density at radius 2 is 1.78 bits per heavy atom. The van der Waals surface area contributed by atoms with Crippen LogP contribution in [0.2, 0.25) is 0 Å². The van der Waals surface area contributed by atoms with Crippen LogP contribution in [-0.4, -0.2) is 26.6 Å². The minimum atomic E-state index is -0.488. The van der Waals surface area contributed by atoms with Gasteiger partial charge in [0.1, 0.15) is 12.3 Å². The monoisotopic (exact) mass is 444 g/mol. The zero-order valence-electron chi connectivity index (χ0n) is 17.2. The van der Waals surface area contributed by atoms with Crippen molar-refractivity contribution in [2.75, 3.05) is 5.32 Å². The number of carbonyl (C=O) groups excluding carboxylic acids is 2. The molecule has 0 bridgehead atoms. The number of aromatic amines is 1. The van der Waals surface area contributed by atoms with Crippen molar-refractivity contribution in [3.63, 3.8) is 0 Å². The number of H-pyrrole nitrogens is 1. The van der Waals surface area contributed by atoms with Gasteiger partial charge in [0.05, 0.1) is 0 Å². The molecule has 0 fully saturated rings. The number of nitrogens with zero attached hydrogens (tertiary/aromatic N) is 2. The highest BCUT2D eigenvalue weighted by atomic mass is 32.1. The van der Waals surface area contributed by atoms with Gasteiger partial charge in [-0.05, 0) is 61.6 Å². The minimum absolute atomic E-state index is 0.0922. The topological polar surface area (TPSA) is 89.0 Å². The molecule has 3 aromatic carbocycles. The molecule has 0 saturated carbocycles. The van der Waals surface area contributed by atoms with Crippen LogP contribution < -0.4 is 10.1 Å². The third kappa shape index (κ3) is 4.98. The molecule has 32 heavy (non-hydrogen) atoms. The molecule has 4 rings (SSSR count). The van der Waals surface area contributed by atoms with E-state index in [0.717, 1.165) is 11.1 Å². The third-order valence-corrected chi connectivity index (χ3v) is 5.01. The number of rotatable bonds is 6. The van der Waals surface area contributed by atoms with Crippen LogP contribution in [-0.2, 0) is 11.3 Å². The van der Waals surface area contributed by atoms with Gasteiger partial charge in [0.2, 0.25) is 0 Å². The molecular weight excluding hydrogens is 424 g/mol. The normalized spacial score (nSPS) is 10.5. The number of esters is 1. The van der Waals surface area contributed by atoms with Crippen molar-refractivity contribution >= 4 is 29.8 Å². The van der Waals surface area contributed by atoms with Crippen molar-refractivity contribution in [1.82, 2.24) is 14.8 Å². The van der Waals surface area contributed by atoms with Crippen molar-refractivity contribution < 1.29 is 14.3 Å². The summed E-state index contributed by atoms with van der Waals surface area (Å²) in [6, 6.07) is 23.3. The Hall–Kier alpha value is -4.04. The van der Waals surface area contributed by atoms with Crippen molar-refractivity contribution in [3.05, 3.63) is 94.8 Å². The van der Waals surface area contributed by atoms with Crippen LogP contribution in [0.5, 0.6) is 5.75 Å². The first-order valence-corrected chi connectivity index (χ1v) is 10.3. The van der Waals surface area contributed by atoms with Crippen LogP contribution in [0.4, 0.5) is 5.69 Å². The maximum absolute atomic E-state index is 12.5. The van der Waals surface area contributed by atoms with Gasteiger partial charge in [0, 0.05) is 16.8 Å². The second-order valence-corrected chi connectivity index (χ2v) is 7.51. The summed E-state index contributed by atoms with van der Waals surface area (Å²) < 4.78 is 7.37. The molecule has 0 saturated heterocycles. The minimum Gasteiger partial charge on any atom is -0.425 e. The Morgan fingerprint density at radius 3 is 2.50 bits per heavy atom. The summed E-state index contributed by atoms with van der Waals surface area (Å²) in [6.45, 7) is 1.89. The summed E-state index contributed by atoms with van der Waals surface area (Å²) in [7, 11) is 0. The average Bonchev–Trinajstić information content (AvgIpc) is 3.15. The molecule has 8 heteroatoms. The maximum atomic E-state index is 12.5. The molecule has 4 aromatic rings. The molecule has 0 unspecified atom stereocenters. The molecule has 1 heterocycles. The Kier molecular flexibility index (Phi) is 6.23. The molecule has 0 atom stereocenters. The first-order valence-electron chi connectivity index (χ1n) is 9.89. The largest absolute Gasteiger partial charge is 0.425 e. The lowest BCUT2D eigenvalue weighted by Crippen LogP contribution is -2.17. The van der Waals surface area contributed by atoms with Gasteiger partial charge in [-0.2, -0.15) is 5.10 Å². The number of benzene rings is 3. The highest BCUT2D eigenvalue weighted by Crippen LogP contribution is 2.20. The summed E-state index contributed by atoms with van der Waals surface area (Å²) in [5.74, 6) is 0.222. The second-order valence-electron chi connectivity index (χ2n) is 7.13. The number of aromatic nitrogens is 3. The first kappa shape index (κ1) is 21.2. The SMILES string of the molecule is Cc1cccc(-c2n[nH]c(=S)n2CC(=O)Oc2ccc(NC(=O)c3ccccc3)cc2)c1. The fourth-order valence-corrected chi connectivity index (χ4v) is 3.36. The van der Waals surface area contributed by atoms with Gasteiger partial charge >= 0.3 is 5.97 Å². The van der Waals surface area contributed by atoms with E-state index in [0.29, 0.717) is 27.6 Å². The van der Waals surface area contributed by atoms with Gasteiger partial charge in [-0.1, -0.05) is 42.0 Å². The van der Waals surface area contributed by atoms with E-state index in [-0.39, 0.29) is 12.5 Å². The first-order chi connectivity index (χ1) is 15.5. The van der Waals surface area contributed by atoms with Crippen LogP contribution >= 0.6 is 12.2 Å². The van der Waals surface area contributed by atoms with Gasteiger partial charge in [0.15, 0.2) is 10.6 Å². The van der Waals surface area contributed by atoms with Crippen LogP contribution in [0.3, 0.4) is 0 Å². The lowest BCUT2D eigenvalue weighted by atomic mass is 10.1. The van der Waals surface area contributed by atoms with Crippen LogP contribution in [0.1, 0.15) is 15.9 Å². The van der Waals surface area contributed by atoms with Crippen LogP contribution in [0.15, 0.2) is 78.9 Å². The summed E-state index contributed by atoms with van der Waals surface area (Å²) in [5, 5.41) is 9.78. The molecule has 0 radical (unpaired) electrons. The standard InChI is InChI=1S/C24H20N4O3S/c1-16-6-5-9-18(14-16)22-26-27-24(32)28(22)15-21(29)31-20-12-10-19(11-13-20)25-23(30)17-7-3-2-4-8-17/h2-14H,15H2,1H3,(H,25,30)(H,27,32). The number of nitrogens with one attached hydrogen (secondary N) is 2. The van der Waals surface area contributed by atoms with Crippen molar-refractivity contribution in [1.29, 1.82) is 0 Å². The van der Waals surface area contributed by atoms with Gasteiger partial charge < -0.3 is 10.1 Å². The predicted molar refractivity (Wildman–Crippen MR) is 124 cm³/mol. The van der Waals surface area contributed by atoms with E-state index in [9.17, 15) is 9.59 Å². The highest BCUT2D eigenvalue weighted by Gasteiger charge is 2.14. The van der Waals surface area contributed by atoms with E-state index in [4.69, 9.17) is 17.0 Å². The van der Waals surface area contributed by atoms with Gasteiger partial charge in [-0.25, -0.2) is 4.79 Å². The summed E-state index contributed by atoms with van der Waals surface area (Å²) in [6.07, 6.45) is 0. The number of amides is 1. The summed E-state index contributed by atoms with van der Waals surface area (Å²) in [4.78, 5) is 24.8. The summed E-state index contributed by atoms with van der Waals surface area (Å²) >= 11 is 5.28. The van der Waals surface area contributed by atoms with Crippen molar-refractivity contribution in [3.8, 4) is 17.1 Å². The number of aryl methyl sites for hydroxylation is 1. The molecule has 0 spiro atoms.